The van der Waals surface area contributed by atoms with Crippen LogP contribution in [0.1, 0.15) is 49.4 Å². The number of carboxylic acids is 1. The van der Waals surface area contributed by atoms with Crippen LogP contribution in [0.2, 0.25) is 0 Å². The van der Waals surface area contributed by atoms with Gasteiger partial charge in [-0.3, -0.25) is 0 Å². The molecule has 1 fully saturated rings. The van der Waals surface area contributed by atoms with Gasteiger partial charge in [-0.2, -0.15) is 0 Å². The van der Waals surface area contributed by atoms with Crippen molar-refractivity contribution in [1.82, 2.24) is 4.98 Å². The van der Waals surface area contributed by atoms with Gasteiger partial charge in [0.15, 0.2) is 0 Å². The lowest BCUT2D eigenvalue weighted by atomic mass is 9.94. The highest BCUT2D eigenvalue weighted by molar-refractivity contribution is 5.88. The summed E-state index contributed by atoms with van der Waals surface area (Å²) < 4.78 is 0. The minimum Gasteiger partial charge on any atom is -0.478 e. The maximum atomic E-state index is 11.0. The Balaban J connectivity index is 2.20. The van der Waals surface area contributed by atoms with Gasteiger partial charge in [0.25, 0.3) is 0 Å². The molecule has 2 rings (SSSR count). The predicted octanol–water partition coefficient (Wildman–Crippen LogP) is 2.94. The maximum Gasteiger partial charge on any atom is 0.335 e. The Morgan fingerprint density at radius 1 is 1.44 bits per heavy atom. The van der Waals surface area contributed by atoms with E-state index in [1.807, 2.05) is 0 Å². The summed E-state index contributed by atoms with van der Waals surface area (Å²) in [4.78, 5) is 17.6. The Morgan fingerprint density at radius 3 is 2.78 bits per heavy atom. The second kappa shape index (κ2) is 5.85. The highest BCUT2D eigenvalue weighted by Crippen LogP contribution is 2.26. The molecule has 1 aromatic heterocycles. The number of aromatic nitrogens is 1. The molecule has 18 heavy (non-hydrogen) atoms. The van der Waals surface area contributed by atoms with Gasteiger partial charge in [0.05, 0.1) is 5.56 Å². The smallest absolute Gasteiger partial charge is 0.335 e. The van der Waals surface area contributed by atoms with Gasteiger partial charge < -0.3 is 10.0 Å². The number of hydrogen-bond acceptors (Lipinski definition) is 3. The van der Waals surface area contributed by atoms with Crippen molar-refractivity contribution < 1.29 is 9.90 Å². The van der Waals surface area contributed by atoms with Crippen molar-refractivity contribution in [2.24, 2.45) is 0 Å². The molecule has 0 spiro atoms. The molecule has 4 nitrogen and oxygen atoms in total. The Labute approximate surface area is 108 Å². The van der Waals surface area contributed by atoms with Crippen LogP contribution in [-0.4, -0.2) is 28.6 Å². The Morgan fingerprint density at radius 2 is 2.17 bits per heavy atom. The van der Waals surface area contributed by atoms with E-state index in [1.54, 1.807) is 18.3 Å². The molecule has 0 saturated heterocycles. The van der Waals surface area contributed by atoms with E-state index in [0.29, 0.717) is 11.6 Å². The molecule has 1 aliphatic rings. The van der Waals surface area contributed by atoms with E-state index < -0.39 is 5.97 Å². The lowest BCUT2D eigenvalue weighted by Crippen LogP contribution is -2.37. The van der Waals surface area contributed by atoms with Crippen molar-refractivity contribution in [3.05, 3.63) is 23.9 Å². The van der Waals surface area contributed by atoms with Gasteiger partial charge in [0.1, 0.15) is 5.82 Å². The van der Waals surface area contributed by atoms with Crippen molar-refractivity contribution >= 4 is 11.8 Å². The largest absolute Gasteiger partial charge is 0.478 e. The second-order valence-electron chi connectivity index (χ2n) is 4.79. The number of anilines is 1. The number of carboxylic acid groups (broad SMARTS) is 1. The zero-order valence-electron chi connectivity index (χ0n) is 10.8. The van der Waals surface area contributed by atoms with Gasteiger partial charge in [-0.15, -0.1) is 0 Å². The summed E-state index contributed by atoms with van der Waals surface area (Å²) in [5.74, 6) is -0.0948. The number of aromatic carboxylic acids is 1. The molecular formula is C14H20N2O2. The average Bonchev–Trinajstić information content (AvgIpc) is 2.41. The molecule has 1 aliphatic carbocycles. The van der Waals surface area contributed by atoms with Gasteiger partial charge in [-0.05, 0) is 31.9 Å². The molecule has 1 saturated carbocycles. The van der Waals surface area contributed by atoms with Crippen molar-refractivity contribution in [3.63, 3.8) is 0 Å². The minimum atomic E-state index is -0.890. The molecule has 1 heterocycles. The number of hydrogen-bond donors (Lipinski definition) is 1. The number of nitrogens with zero attached hydrogens (tertiary/aromatic N) is 2. The maximum absolute atomic E-state index is 11.0. The summed E-state index contributed by atoms with van der Waals surface area (Å²) in [6.07, 6.45) is 7.81. The first-order chi connectivity index (χ1) is 8.72. The predicted molar refractivity (Wildman–Crippen MR) is 71.1 cm³/mol. The molecule has 1 N–H and O–H groups in total. The SMILES string of the molecule is CCN(c1cc(C(=O)O)ccn1)C1CCCCC1. The Bertz CT molecular complexity index is 414. The van der Waals surface area contributed by atoms with Crippen LogP contribution in [0.3, 0.4) is 0 Å². The number of rotatable bonds is 4. The lowest BCUT2D eigenvalue weighted by molar-refractivity contribution is 0.0696. The summed E-state index contributed by atoms with van der Waals surface area (Å²) in [5, 5.41) is 9.03. The number of carbonyl (C=O) groups is 1. The van der Waals surface area contributed by atoms with Gasteiger partial charge in [0, 0.05) is 18.8 Å². The Kier molecular flexibility index (Phi) is 4.18. The highest BCUT2D eigenvalue weighted by Gasteiger charge is 2.21. The monoisotopic (exact) mass is 248 g/mol. The fraction of sp³-hybridized carbons (Fsp3) is 0.571. The molecule has 1 aromatic rings. The zero-order chi connectivity index (χ0) is 13.0. The highest BCUT2D eigenvalue weighted by atomic mass is 16.4. The van der Waals surface area contributed by atoms with Crippen molar-refractivity contribution in [2.45, 2.75) is 45.1 Å². The fourth-order valence-electron chi connectivity index (χ4n) is 2.71. The zero-order valence-corrected chi connectivity index (χ0v) is 10.8. The molecular weight excluding hydrogens is 228 g/mol. The topological polar surface area (TPSA) is 53.4 Å². The third kappa shape index (κ3) is 2.81. The molecule has 0 atom stereocenters. The summed E-state index contributed by atoms with van der Waals surface area (Å²) in [6.45, 7) is 2.98. The second-order valence-corrected chi connectivity index (χ2v) is 4.79. The normalized spacial score (nSPS) is 16.5. The van der Waals surface area contributed by atoms with E-state index in [0.717, 1.165) is 12.4 Å². The summed E-state index contributed by atoms with van der Waals surface area (Å²) in [6, 6.07) is 3.74. The van der Waals surface area contributed by atoms with Crippen molar-refractivity contribution in [3.8, 4) is 0 Å². The van der Waals surface area contributed by atoms with Gasteiger partial charge in [0.2, 0.25) is 0 Å². The van der Waals surface area contributed by atoms with Crippen LogP contribution in [0.25, 0.3) is 0 Å². The molecule has 0 radical (unpaired) electrons. The minimum absolute atomic E-state index is 0.314. The molecule has 0 unspecified atom stereocenters. The van der Waals surface area contributed by atoms with Gasteiger partial charge >= 0.3 is 5.97 Å². The molecule has 4 heteroatoms. The number of pyridine rings is 1. The first-order valence-electron chi connectivity index (χ1n) is 6.68. The summed E-state index contributed by atoms with van der Waals surface area (Å²) in [5.41, 5.74) is 0.314. The molecule has 0 aliphatic heterocycles. The van der Waals surface area contributed by atoms with E-state index >= 15 is 0 Å². The first-order valence-corrected chi connectivity index (χ1v) is 6.68. The summed E-state index contributed by atoms with van der Waals surface area (Å²) in [7, 11) is 0. The summed E-state index contributed by atoms with van der Waals surface area (Å²) >= 11 is 0. The van der Waals surface area contributed by atoms with Gasteiger partial charge in [-0.1, -0.05) is 19.3 Å². The van der Waals surface area contributed by atoms with E-state index in [4.69, 9.17) is 5.11 Å². The van der Waals surface area contributed by atoms with Crippen LogP contribution < -0.4 is 4.90 Å². The molecule has 0 bridgehead atoms. The lowest BCUT2D eigenvalue weighted by Gasteiger charge is -2.34. The van der Waals surface area contributed by atoms with Gasteiger partial charge in [-0.25, -0.2) is 9.78 Å². The van der Waals surface area contributed by atoms with Crippen LogP contribution in [0.5, 0.6) is 0 Å². The Hall–Kier alpha value is -1.58. The standard InChI is InChI=1S/C14H20N2O2/c1-2-16(12-6-4-3-5-7-12)13-10-11(14(17)18)8-9-15-13/h8-10,12H,2-7H2,1H3,(H,17,18). The first kappa shape index (κ1) is 12.9. The average molecular weight is 248 g/mol. The van der Waals surface area contributed by atoms with Crippen molar-refractivity contribution in [1.29, 1.82) is 0 Å². The van der Waals surface area contributed by atoms with Crippen LogP contribution >= 0.6 is 0 Å². The molecule has 0 aromatic carbocycles. The van der Waals surface area contributed by atoms with Crippen LogP contribution in [0, 0.1) is 0 Å². The molecule has 0 amide bonds. The fourth-order valence-corrected chi connectivity index (χ4v) is 2.71. The van der Waals surface area contributed by atoms with E-state index in [1.165, 1.54) is 32.1 Å². The van der Waals surface area contributed by atoms with E-state index in [-0.39, 0.29) is 0 Å². The van der Waals surface area contributed by atoms with Crippen molar-refractivity contribution in [2.75, 3.05) is 11.4 Å². The van der Waals surface area contributed by atoms with E-state index in [2.05, 4.69) is 16.8 Å². The molecule has 98 valence electrons. The third-order valence-electron chi connectivity index (χ3n) is 3.64. The van der Waals surface area contributed by atoms with Crippen LogP contribution in [0.4, 0.5) is 5.82 Å². The van der Waals surface area contributed by atoms with Crippen LogP contribution in [-0.2, 0) is 0 Å². The third-order valence-corrected chi connectivity index (χ3v) is 3.64. The quantitative estimate of drug-likeness (QED) is 0.890. The van der Waals surface area contributed by atoms with Crippen LogP contribution in [0.15, 0.2) is 18.3 Å². The van der Waals surface area contributed by atoms with E-state index in [9.17, 15) is 4.79 Å².